The maximum atomic E-state index is 13.1. The Labute approximate surface area is 166 Å². The number of hydrogen-bond donors (Lipinski definition) is 0. The van der Waals surface area contributed by atoms with Gasteiger partial charge in [-0.1, -0.05) is 13.3 Å². The second kappa shape index (κ2) is 9.49. The Morgan fingerprint density at radius 3 is 2.32 bits per heavy atom. The Hall–Kier alpha value is -1.96. The number of carbonyl (C=O) groups is 2. The lowest BCUT2D eigenvalue weighted by Gasteiger charge is -2.34. The van der Waals surface area contributed by atoms with Crippen molar-refractivity contribution in [3.63, 3.8) is 0 Å². The lowest BCUT2D eigenvalue weighted by atomic mass is 9.95. The van der Waals surface area contributed by atoms with Crippen molar-refractivity contribution in [3.05, 3.63) is 30.1 Å². The fourth-order valence-corrected chi connectivity index (χ4v) is 4.72. The third kappa shape index (κ3) is 5.10. The SMILES string of the molecule is CCCCN(C)C(=O)C1CCN(C(=O)C(C)S(=O)(=O)c2ccc(F)cc2)CC1. The van der Waals surface area contributed by atoms with Crippen LogP contribution < -0.4 is 0 Å². The van der Waals surface area contributed by atoms with Gasteiger partial charge < -0.3 is 9.80 Å². The molecule has 2 rings (SSSR count). The van der Waals surface area contributed by atoms with E-state index in [9.17, 15) is 22.4 Å². The Bertz CT molecular complexity index is 787. The van der Waals surface area contributed by atoms with Gasteiger partial charge in [-0.2, -0.15) is 0 Å². The van der Waals surface area contributed by atoms with Gasteiger partial charge in [0.15, 0.2) is 9.84 Å². The number of likely N-dealkylation sites (tertiary alicyclic amines) is 1. The van der Waals surface area contributed by atoms with Crippen molar-refractivity contribution in [2.45, 2.75) is 49.7 Å². The van der Waals surface area contributed by atoms with Gasteiger partial charge in [0.05, 0.1) is 4.90 Å². The molecule has 6 nitrogen and oxygen atoms in total. The third-order valence-corrected chi connectivity index (χ3v) is 7.40. The molecule has 2 amide bonds. The molecule has 1 aliphatic heterocycles. The number of carbonyl (C=O) groups excluding carboxylic acids is 2. The van der Waals surface area contributed by atoms with E-state index in [1.165, 1.54) is 24.0 Å². The molecule has 1 saturated heterocycles. The zero-order valence-electron chi connectivity index (χ0n) is 16.7. The van der Waals surface area contributed by atoms with E-state index in [4.69, 9.17) is 0 Å². The number of hydrogen-bond acceptors (Lipinski definition) is 4. The second-order valence-electron chi connectivity index (χ2n) is 7.35. The fraction of sp³-hybridized carbons (Fsp3) is 0.600. The summed E-state index contributed by atoms with van der Waals surface area (Å²) in [6.07, 6.45) is 3.04. The van der Waals surface area contributed by atoms with E-state index in [0.717, 1.165) is 31.5 Å². The van der Waals surface area contributed by atoms with Crippen LogP contribution in [0.4, 0.5) is 4.39 Å². The summed E-state index contributed by atoms with van der Waals surface area (Å²) in [7, 11) is -2.09. The molecule has 0 radical (unpaired) electrons. The molecule has 28 heavy (non-hydrogen) atoms. The predicted molar refractivity (Wildman–Crippen MR) is 105 cm³/mol. The first kappa shape index (κ1) is 22.3. The second-order valence-corrected chi connectivity index (χ2v) is 9.62. The van der Waals surface area contributed by atoms with Crippen LogP contribution in [0.25, 0.3) is 0 Å². The van der Waals surface area contributed by atoms with Crippen LogP contribution in [-0.2, 0) is 19.4 Å². The number of benzene rings is 1. The smallest absolute Gasteiger partial charge is 0.241 e. The van der Waals surface area contributed by atoms with Crippen LogP contribution >= 0.6 is 0 Å². The Morgan fingerprint density at radius 1 is 1.21 bits per heavy atom. The van der Waals surface area contributed by atoms with E-state index in [2.05, 4.69) is 6.92 Å². The number of rotatable bonds is 7. The van der Waals surface area contributed by atoms with E-state index in [1.54, 1.807) is 11.9 Å². The molecule has 0 spiro atoms. The van der Waals surface area contributed by atoms with Gasteiger partial charge in [-0.25, -0.2) is 12.8 Å². The van der Waals surface area contributed by atoms with Gasteiger partial charge in [-0.3, -0.25) is 9.59 Å². The molecule has 1 atom stereocenters. The summed E-state index contributed by atoms with van der Waals surface area (Å²) in [5.74, 6) is -1.05. The lowest BCUT2D eigenvalue weighted by Crippen LogP contribution is -2.47. The van der Waals surface area contributed by atoms with E-state index in [1.807, 2.05) is 0 Å². The van der Waals surface area contributed by atoms with E-state index in [-0.39, 0.29) is 16.7 Å². The van der Waals surface area contributed by atoms with Crippen LogP contribution in [0.3, 0.4) is 0 Å². The van der Waals surface area contributed by atoms with Crippen LogP contribution in [0.5, 0.6) is 0 Å². The van der Waals surface area contributed by atoms with Crippen molar-refractivity contribution in [3.8, 4) is 0 Å². The highest BCUT2D eigenvalue weighted by molar-refractivity contribution is 7.92. The minimum atomic E-state index is -3.89. The van der Waals surface area contributed by atoms with Crippen molar-refractivity contribution < 1.29 is 22.4 Å². The molecule has 156 valence electrons. The quantitative estimate of drug-likeness (QED) is 0.645. The number of piperidine rings is 1. The van der Waals surface area contributed by atoms with Crippen LogP contribution in [0.1, 0.15) is 39.5 Å². The number of halogens is 1. The number of sulfone groups is 1. The summed E-state index contributed by atoms with van der Waals surface area (Å²) in [4.78, 5) is 28.4. The van der Waals surface area contributed by atoms with Crippen LogP contribution in [0.15, 0.2) is 29.2 Å². The zero-order chi connectivity index (χ0) is 20.9. The molecule has 1 aliphatic rings. The van der Waals surface area contributed by atoms with Gasteiger partial charge in [0.25, 0.3) is 0 Å². The molecule has 1 unspecified atom stereocenters. The standard InChI is InChI=1S/C20H29FN2O4S/c1-4-5-12-22(3)20(25)16-10-13-23(14-11-16)19(24)15(2)28(26,27)18-8-6-17(21)7-9-18/h6-9,15-16H,4-5,10-14H2,1-3H3. The summed E-state index contributed by atoms with van der Waals surface area (Å²) in [6.45, 7) is 4.88. The Morgan fingerprint density at radius 2 is 1.79 bits per heavy atom. The van der Waals surface area contributed by atoms with Gasteiger partial charge in [0.2, 0.25) is 11.8 Å². The van der Waals surface area contributed by atoms with Gasteiger partial charge in [0, 0.05) is 32.6 Å². The average molecular weight is 413 g/mol. The maximum Gasteiger partial charge on any atom is 0.241 e. The molecular weight excluding hydrogens is 383 g/mol. The first-order valence-corrected chi connectivity index (χ1v) is 11.3. The maximum absolute atomic E-state index is 13.1. The average Bonchev–Trinajstić information content (AvgIpc) is 2.70. The molecule has 0 N–H and O–H groups in total. The molecule has 1 heterocycles. The van der Waals surface area contributed by atoms with Crippen LogP contribution in [0, 0.1) is 11.7 Å². The minimum absolute atomic E-state index is 0.0719. The highest BCUT2D eigenvalue weighted by atomic mass is 32.2. The zero-order valence-corrected chi connectivity index (χ0v) is 17.5. The molecule has 1 aromatic rings. The van der Waals surface area contributed by atoms with Crippen molar-refractivity contribution in [2.24, 2.45) is 5.92 Å². The van der Waals surface area contributed by atoms with E-state index < -0.39 is 26.8 Å². The lowest BCUT2D eigenvalue weighted by molar-refractivity contribution is -0.139. The summed E-state index contributed by atoms with van der Waals surface area (Å²) in [5, 5.41) is -1.25. The monoisotopic (exact) mass is 412 g/mol. The highest BCUT2D eigenvalue weighted by Gasteiger charge is 2.36. The predicted octanol–water partition coefficient (Wildman–Crippen LogP) is 2.48. The molecule has 8 heteroatoms. The van der Waals surface area contributed by atoms with Gasteiger partial charge in [-0.15, -0.1) is 0 Å². The van der Waals surface area contributed by atoms with Crippen molar-refractivity contribution in [2.75, 3.05) is 26.7 Å². The summed E-state index contributed by atoms with van der Waals surface area (Å²) in [6, 6.07) is 4.48. The molecule has 0 saturated carbocycles. The molecule has 0 aromatic heterocycles. The summed E-state index contributed by atoms with van der Waals surface area (Å²) < 4.78 is 38.4. The highest BCUT2D eigenvalue weighted by Crippen LogP contribution is 2.23. The number of nitrogens with zero attached hydrogens (tertiary/aromatic N) is 2. The number of amides is 2. The molecule has 0 aliphatic carbocycles. The van der Waals surface area contributed by atoms with Gasteiger partial charge in [0.1, 0.15) is 11.1 Å². The largest absolute Gasteiger partial charge is 0.346 e. The van der Waals surface area contributed by atoms with E-state index in [0.29, 0.717) is 25.9 Å². The number of unbranched alkanes of at least 4 members (excludes halogenated alkanes) is 1. The summed E-state index contributed by atoms with van der Waals surface area (Å²) in [5.41, 5.74) is 0. The van der Waals surface area contributed by atoms with Gasteiger partial charge >= 0.3 is 0 Å². The van der Waals surface area contributed by atoms with Crippen LogP contribution in [0.2, 0.25) is 0 Å². The van der Waals surface area contributed by atoms with Gasteiger partial charge in [-0.05, 0) is 50.5 Å². The molecule has 1 aromatic carbocycles. The third-order valence-electron chi connectivity index (χ3n) is 5.33. The normalized spacial score (nSPS) is 16.6. The van der Waals surface area contributed by atoms with E-state index >= 15 is 0 Å². The first-order chi connectivity index (χ1) is 13.2. The Balaban J connectivity index is 1.97. The fourth-order valence-electron chi connectivity index (χ4n) is 3.38. The van der Waals surface area contributed by atoms with Crippen molar-refractivity contribution in [1.82, 2.24) is 9.80 Å². The first-order valence-electron chi connectivity index (χ1n) is 9.71. The van der Waals surface area contributed by atoms with Crippen molar-refractivity contribution >= 4 is 21.7 Å². The molecule has 0 bridgehead atoms. The Kier molecular flexibility index (Phi) is 7.57. The van der Waals surface area contributed by atoms with Crippen molar-refractivity contribution in [1.29, 1.82) is 0 Å². The minimum Gasteiger partial charge on any atom is -0.346 e. The summed E-state index contributed by atoms with van der Waals surface area (Å²) >= 11 is 0. The molecule has 1 fully saturated rings. The van der Waals surface area contributed by atoms with Crippen LogP contribution in [-0.4, -0.2) is 62.0 Å². The molecular formula is C20H29FN2O4S. The topological polar surface area (TPSA) is 74.8 Å².